The van der Waals surface area contributed by atoms with Gasteiger partial charge in [-0.05, 0) is 55.7 Å². The van der Waals surface area contributed by atoms with Crippen LogP contribution >= 0.6 is 0 Å². The molecule has 112 valence electrons. The molecule has 1 aliphatic heterocycles. The van der Waals surface area contributed by atoms with Crippen molar-refractivity contribution in [2.24, 2.45) is 0 Å². The Labute approximate surface area is 124 Å². The van der Waals surface area contributed by atoms with E-state index in [9.17, 15) is 4.39 Å². The fraction of sp³-hybridized carbons (Fsp3) is 0.412. The van der Waals surface area contributed by atoms with Gasteiger partial charge in [0.25, 0.3) is 0 Å². The molecule has 0 amide bonds. The number of ether oxygens (including phenoxy) is 1. The second-order valence-electron chi connectivity index (χ2n) is 5.39. The Bertz CT molecular complexity index is 558. The quantitative estimate of drug-likeness (QED) is 0.910. The molecule has 1 unspecified atom stereocenters. The highest BCUT2D eigenvalue weighted by molar-refractivity contribution is 5.57. The molecule has 1 fully saturated rings. The monoisotopic (exact) mass is 289 g/mol. The van der Waals surface area contributed by atoms with E-state index >= 15 is 0 Å². The summed E-state index contributed by atoms with van der Waals surface area (Å²) in [7, 11) is 0. The van der Waals surface area contributed by atoms with E-state index in [-0.39, 0.29) is 5.82 Å². The van der Waals surface area contributed by atoms with E-state index in [4.69, 9.17) is 9.15 Å². The van der Waals surface area contributed by atoms with Crippen LogP contribution in [0.4, 0.5) is 4.39 Å². The highest BCUT2D eigenvalue weighted by Gasteiger charge is 2.13. The van der Waals surface area contributed by atoms with Crippen LogP contribution in [0.25, 0.3) is 11.3 Å². The van der Waals surface area contributed by atoms with E-state index < -0.39 is 0 Å². The first-order valence-electron chi connectivity index (χ1n) is 7.48. The van der Waals surface area contributed by atoms with Crippen LogP contribution in [-0.2, 0) is 11.3 Å². The summed E-state index contributed by atoms with van der Waals surface area (Å²) in [6.45, 7) is 2.41. The topological polar surface area (TPSA) is 34.4 Å². The Morgan fingerprint density at radius 3 is 2.71 bits per heavy atom. The summed E-state index contributed by atoms with van der Waals surface area (Å²) in [6, 6.07) is 10.2. The van der Waals surface area contributed by atoms with Crippen LogP contribution in [0, 0.1) is 5.82 Å². The second-order valence-corrected chi connectivity index (χ2v) is 5.39. The van der Waals surface area contributed by atoms with Crippen molar-refractivity contribution in [3.63, 3.8) is 0 Å². The fourth-order valence-electron chi connectivity index (χ4n) is 2.57. The van der Waals surface area contributed by atoms with E-state index in [1.165, 1.54) is 25.0 Å². The first-order chi connectivity index (χ1) is 10.3. The summed E-state index contributed by atoms with van der Waals surface area (Å²) in [6.07, 6.45) is 3.88. The minimum absolute atomic E-state index is 0.236. The number of hydrogen-bond donors (Lipinski definition) is 1. The molecule has 3 nitrogen and oxygen atoms in total. The number of hydrogen-bond acceptors (Lipinski definition) is 3. The van der Waals surface area contributed by atoms with Gasteiger partial charge in [0.1, 0.15) is 17.3 Å². The van der Waals surface area contributed by atoms with Gasteiger partial charge in [-0.3, -0.25) is 0 Å². The molecule has 1 aliphatic rings. The molecule has 21 heavy (non-hydrogen) atoms. The lowest BCUT2D eigenvalue weighted by Gasteiger charge is -2.22. The van der Waals surface area contributed by atoms with E-state index in [0.717, 1.165) is 36.7 Å². The average molecular weight is 289 g/mol. The first-order valence-corrected chi connectivity index (χ1v) is 7.48. The normalized spacial score (nSPS) is 18.8. The van der Waals surface area contributed by atoms with Crippen LogP contribution < -0.4 is 5.32 Å². The Morgan fingerprint density at radius 1 is 1.10 bits per heavy atom. The second kappa shape index (κ2) is 6.87. The molecular formula is C17H20FNO2. The highest BCUT2D eigenvalue weighted by atomic mass is 19.1. The molecule has 1 N–H and O–H groups in total. The predicted molar refractivity (Wildman–Crippen MR) is 79.4 cm³/mol. The first kappa shape index (κ1) is 14.3. The van der Waals surface area contributed by atoms with E-state index in [1.54, 1.807) is 12.1 Å². The third kappa shape index (κ3) is 3.93. The summed E-state index contributed by atoms with van der Waals surface area (Å²) in [5.41, 5.74) is 0.887. The van der Waals surface area contributed by atoms with Crippen LogP contribution in [0.1, 0.15) is 25.0 Å². The van der Waals surface area contributed by atoms with Gasteiger partial charge < -0.3 is 14.5 Å². The van der Waals surface area contributed by atoms with Gasteiger partial charge in [0.05, 0.1) is 12.6 Å². The average Bonchev–Trinajstić information content (AvgIpc) is 2.98. The molecule has 1 aromatic carbocycles. The number of rotatable bonds is 5. The van der Waals surface area contributed by atoms with Gasteiger partial charge in [0.2, 0.25) is 0 Å². The van der Waals surface area contributed by atoms with Crippen molar-refractivity contribution in [1.82, 2.24) is 5.32 Å². The standard InChI is InChI=1S/C17H20FNO2/c18-14-6-4-13(5-7-14)17-9-8-16(21-17)12-19-11-15-3-1-2-10-20-15/h4-9,15,19H,1-3,10-12H2. The molecule has 1 atom stereocenters. The molecule has 0 bridgehead atoms. The fourth-order valence-corrected chi connectivity index (χ4v) is 2.57. The van der Waals surface area contributed by atoms with Crippen molar-refractivity contribution in [3.05, 3.63) is 48.0 Å². The molecule has 2 aromatic rings. The van der Waals surface area contributed by atoms with Crippen LogP contribution in [0.3, 0.4) is 0 Å². The molecule has 0 spiro atoms. The van der Waals surface area contributed by atoms with E-state index in [2.05, 4.69) is 5.32 Å². The molecule has 0 aliphatic carbocycles. The van der Waals surface area contributed by atoms with Gasteiger partial charge in [0.15, 0.2) is 0 Å². The van der Waals surface area contributed by atoms with Crippen molar-refractivity contribution < 1.29 is 13.5 Å². The maximum Gasteiger partial charge on any atom is 0.134 e. The van der Waals surface area contributed by atoms with Crippen LogP contribution in [0.5, 0.6) is 0 Å². The summed E-state index contributed by atoms with van der Waals surface area (Å²) < 4.78 is 24.3. The zero-order valence-corrected chi connectivity index (χ0v) is 12.0. The molecule has 4 heteroatoms. The largest absolute Gasteiger partial charge is 0.460 e. The molecule has 1 aromatic heterocycles. The zero-order valence-electron chi connectivity index (χ0n) is 12.0. The van der Waals surface area contributed by atoms with E-state index in [0.29, 0.717) is 12.6 Å². The third-order valence-corrected chi connectivity index (χ3v) is 3.74. The van der Waals surface area contributed by atoms with Gasteiger partial charge in [-0.15, -0.1) is 0 Å². The third-order valence-electron chi connectivity index (χ3n) is 3.74. The summed E-state index contributed by atoms with van der Waals surface area (Å²) in [4.78, 5) is 0. The number of nitrogens with one attached hydrogen (secondary N) is 1. The van der Waals surface area contributed by atoms with Gasteiger partial charge in [-0.25, -0.2) is 4.39 Å². The van der Waals surface area contributed by atoms with Crippen LogP contribution in [0.2, 0.25) is 0 Å². The van der Waals surface area contributed by atoms with Crippen molar-refractivity contribution in [2.75, 3.05) is 13.2 Å². The Balaban J connectivity index is 1.51. The molecule has 0 radical (unpaired) electrons. The molecule has 0 saturated carbocycles. The number of benzene rings is 1. The van der Waals surface area contributed by atoms with Crippen LogP contribution in [0.15, 0.2) is 40.8 Å². The lowest BCUT2D eigenvalue weighted by molar-refractivity contribution is 0.0166. The number of halogens is 1. The Hall–Kier alpha value is -1.65. The molecular weight excluding hydrogens is 269 g/mol. The summed E-state index contributed by atoms with van der Waals surface area (Å²) in [5.74, 6) is 1.41. The SMILES string of the molecule is Fc1ccc(-c2ccc(CNCC3CCCCO3)o2)cc1. The smallest absolute Gasteiger partial charge is 0.134 e. The predicted octanol–water partition coefficient (Wildman–Crippen LogP) is 3.74. The maximum absolute atomic E-state index is 12.9. The van der Waals surface area contributed by atoms with E-state index in [1.807, 2.05) is 12.1 Å². The van der Waals surface area contributed by atoms with Crippen molar-refractivity contribution in [1.29, 1.82) is 0 Å². The molecule has 1 saturated heterocycles. The minimum Gasteiger partial charge on any atom is -0.460 e. The van der Waals surface area contributed by atoms with Gasteiger partial charge >= 0.3 is 0 Å². The van der Waals surface area contributed by atoms with Crippen molar-refractivity contribution in [3.8, 4) is 11.3 Å². The minimum atomic E-state index is -0.236. The molecule has 3 rings (SSSR count). The Morgan fingerprint density at radius 2 is 1.95 bits per heavy atom. The van der Waals surface area contributed by atoms with Gasteiger partial charge in [-0.2, -0.15) is 0 Å². The lowest BCUT2D eigenvalue weighted by atomic mass is 10.1. The molecule has 2 heterocycles. The summed E-state index contributed by atoms with van der Waals surface area (Å²) >= 11 is 0. The van der Waals surface area contributed by atoms with Gasteiger partial charge in [-0.1, -0.05) is 0 Å². The van der Waals surface area contributed by atoms with Crippen LogP contribution in [-0.4, -0.2) is 19.3 Å². The summed E-state index contributed by atoms with van der Waals surface area (Å²) in [5, 5.41) is 3.37. The maximum atomic E-state index is 12.9. The van der Waals surface area contributed by atoms with Crippen molar-refractivity contribution in [2.45, 2.75) is 31.9 Å². The zero-order chi connectivity index (χ0) is 14.5. The van der Waals surface area contributed by atoms with Gasteiger partial charge in [0, 0.05) is 18.7 Å². The number of furan rings is 1. The lowest BCUT2D eigenvalue weighted by Crippen LogP contribution is -2.31. The highest BCUT2D eigenvalue weighted by Crippen LogP contribution is 2.22. The Kier molecular flexibility index (Phi) is 4.68. The van der Waals surface area contributed by atoms with Crippen molar-refractivity contribution >= 4 is 0 Å².